The Morgan fingerprint density at radius 3 is 2.26 bits per heavy atom. The zero-order valence-corrected chi connectivity index (χ0v) is 16.1. The van der Waals surface area contributed by atoms with Crippen LogP contribution in [-0.2, 0) is 7.05 Å². The molecule has 2 aromatic heterocycles. The average molecular weight is 352 g/mol. The standard InChI is InChI=1S/C25H22NO/c1-15-6-8-20(17(3)9-15)23-13-25-22(14-26(23)4)21-11-18-7-5-16(2)10-19(18)12-24(21)27-25/h5-14H,1-4H3/q+1. The molecule has 0 atom stereocenters. The highest BCUT2D eigenvalue weighted by Gasteiger charge is 2.18. The minimum atomic E-state index is 0.935. The first-order valence-electron chi connectivity index (χ1n) is 9.33. The Balaban J connectivity index is 1.80. The molecule has 2 heteroatoms. The number of fused-ring (bicyclic) bond motifs is 4. The van der Waals surface area contributed by atoms with E-state index in [1.54, 1.807) is 0 Å². The molecule has 2 nitrogen and oxygen atoms in total. The van der Waals surface area contributed by atoms with Crippen LogP contribution in [-0.4, -0.2) is 0 Å². The summed E-state index contributed by atoms with van der Waals surface area (Å²) >= 11 is 0. The SMILES string of the molecule is Cc1ccc(-c2cc3oc4cc5cc(C)ccc5cc4c3c[n+]2C)c(C)c1. The summed E-state index contributed by atoms with van der Waals surface area (Å²) in [6, 6.07) is 19.7. The number of nitrogens with zero attached hydrogens (tertiary/aromatic N) is 1. The first-order chi connectivity index (χ1) is 13.0. The molecule has 2 heterocycles. The highest BCUT2D eigenvalue weighted by atomic mass is 16.3. The van der Waals surface area contributed by atoms with Crippen molar-refractivity contribution in [2.45, 2.75) is 20.8 Å². The highest BCUT2D eigenvalue weighted by molar-refractivity contribution is 6.09. The van der Waals surface area contributed by atoms with Gasteiger partial charge in [-0.2, -0.15) is 0 Å². The summed E-state index contributed by atoms with van der Waals surface area (Å²) < 4.78 is 8.47. The number of furan rings is 1. The maximum absolute atomic E-state index is 6.27. The number of pyridine rings is 1. The predicted molar refractivity (Wildman–Crippen MR) is 112 cm³/mol. The second-order valence-corrected chi connectivity index (χ2v) is 7.67. The lowest BCUT2D eigenvalue weighted by atomic mass is 10.0. The lowest BCUT2D eigenvalue weighted by molar-refractivity contribution is -0.659. The molecular weight excluding hydrogens is 330 g/mol. The Labute approximate surface area is 158 Å². The first-order valence-corrected chi connectivity index (χ1v) is 9.33. The Hall–Kier alpha value is -3.13. The summed E-state index contributed by atoms with van der Waals surface area (Å²) in [5.74, 6) is 0. The molecule has 0 amide bonds. The van der Waals surface area contributed by atoms with Gasteiger partial charge in [0.25, 0.3) is 0 Å². The van der Waals surface area contributed by atoms with Crippen molar-refractivity contribution in [3.05, 3.63) is 77.5 Å². The fourth-order valence-electron chi connectivity index (χ4n) is 4.10. The molecule has 5 aromatic rings. The second kappa shape index (κ2) is 5.68. The molecule has 0 spiro atoms. The van der Waals surface area contributed by atoms with Crippen LogP contribution in [0.1, 0.15) is 16.7 Å². The zero-order chi connectivity index (χ0) is 18.7. The van der Waals surface area contributed by atoms with Crippen molar-refractivity contribution in [3.8, 4) is 11.3 Å². The number of rotatable bonds is 1. The van der Waals surface area contributed by atoms with Crippen molar-refractivity contribution in [1.29, 1.82) is 0 Å². The van der Waals surface area contributed by atoms with Gasteiger partial charge in [0.1, 0.15) is 18.2 Å². The monoisotopic (exact) mass is 352 g/mol. The topological polar surface area (TPSA) is 17.0 Å². The van der Waals surface area contributed by atoms with Gasteiger partial charge < -0.3 is 4.42 Å². The van der Waals surface area contributed by atoms with Crippen LogP contribution in [0, 0.1) is 20.8 Å². The lowest BCUT2D eigenvalue weighted by Gasteiger charge is -2.05. The van der Waals surface area contributed by atoms with Gasteiger partial charge in [-0.1, -0.05) is 41.5 Å². The third-order valence-corrected chi connectivity index (χ3v) is 5.50. The maximum atomic E-state index is 6.27. The average Bonchev–Trinajstić information content (AvgIpc) is 2.96. The van der Waals surface area contributed by atoms with E-state index < -0.39 is 0 Å². The molecule has 0 saturated carbocycles. The molecule has 0 bridgehead atoms. The van der Waals surface area contributed by atoms with Gasteiger partial charge in [0.2, 0.25) is 5.69 Å². The van der Waals surface area contributed by atoms with Gasteiger partial charge in [0.05, 0.1) is 11.5 Å². The molecule has 0 aliphatic carbocycles. The molecule has 0 unspecified atom stereocenters. The van der Waals surface area contributed by atoms with Crippen molar-refractivity contribution >= 4 is 32.7 Å². The summed E-state index contributed by atoms with van der Waals surface area (Å²) in [5.41, 5.74) is 8.12. The molecular formula is C25H22NO+. The quantitative estimate of drug-likeness (QED) is 0.330. The van der Waals surface area contributed by atoms with E-state index in [2.05, 4.69) is 93.2 Å². The number of benzene rings is 3. The van der Waals surface area contributed by atoms with Crippen LogP contribution < -0.4 is 4.57 Å². The second-order valence-electron chi connectivity index (χ2n) is 7.67. The van der Waals surface area contributed by atoms with Crippen LogP contribution in [0.5, 0.6) is 0 Å². The summed E-state index contributed by atoms with van der Waals surface area (Å²) in [4.78, 5) is 0. The van der Waals surface area contributed by atoms with Crippen LogP contribution in [0.25, 0.3) is 44.0 Å². The number of hydrogen-bond donors (Lipinski definition) is 0. The fraction of sp³-hybridized carbons (Fsp3) is 0.160. The fourth-order valence-corrected chi connectivity index (χ4v) is 4.10. The third kappa shape index (κ3) is 2.52. The molecule has 132 valence electrons. The van der Waals surface area contributed by atoms with Crippen molar-refractivity contribution in [3.63, 3.8) is 0 Å². The molecule has 0 aliphatic heterocycles. The number of hydrogen-bond acceptors (Lipinski definition) is 1. The minimum absolute atomic E-state index is 0.935. The summed E-state index contributed by atoms with van der Waals surface area (Å²) in [5, 5.41) is 4.80. The lowest BCUT2D eigenvalue weighted by Crippen LogP contribution is -2.30. The van der Waals surface area contributed by atoms with Crippen molar-refractivity contribution in [1.82, 2.24) is 0 Å². The van der Waals surface area contributed by atoms with Crippen LogP contribution in [0.4, 0.5) is 0 Å². The maximum Gasteiger partial charge on any atom is 0.216 e. The number of aryl methyl sites for hydroxylation is 4. The van der Waals surface area contributed by atoms with E-state index in [1.807, 2.05) is 0 Å². The van der Waals surface area contributed by atoms with Crippen molar-refractivity contribution < 1.29 is 8.98 Å². The first kappa shape index (κ1) is 16.1. The molecule has 0 saturated heterocycles. The molecule has 3 aromatic carbocycles. The molecule has 5 rings (SSSR count). The normalized spacial score (nSPS) is 11.7. The molecule has 27 heavy (non-hydrogen) atoms. The molecule has 0 radical (unpaired) electrons. The molecule has 0 aliphatic rings. The summed E-state index contributed by atoms with van der Waals surface area (Å²) in [6.45, 7) is 6.42. The third-order valence-electron chi connectivity index (χ3n) is 5.50. The van der Waals surface area contributed by atoms with Crippen molar-refractivity contribution in [2.75, 3.05) is 0 Å². The Morgan fingerprint density at radius 1 is 0.704 bits per heavy atom. The van der Waals surface area contributed by atoms with Gasteiger partial charge in [0, 0.05) is 10.9 Å². The van der Waals surface area contributed by atoms with Crippen LogP contribution in [0.15, 0.2) is 65.2 Å². The van der Waals surface area contributed by atoms with Gasteiger partial charge in [-0.05, 0) is 55.3 Å². The van der Waals surface area contributed by atoms with Crippen LogP contribution >= 0.6 is 0 Å². The van der Waals surface area contributed by atoms with Gasteiger partial charge >= 0.3 is 0 Å². The van der Waals surface area contributed by atoms with Gasteiger partial charge in [0.15, 0.2) is 6.20 Å². The van der Waals surface area contributed by atoms with E-state index in [9.17, 15) is 0 Å². The van der Waals surface area contributed by atoms with E-state index in [-0.39, 0.29) is 0 Å². The summed E-state index contributed by atoms with van der Waals surface area (Å²) in [7, 11) is 2.11. The Kier molecular flexibility index (Phi) is 3.38. The summed E-state index contributed by atoms with van der Waals surface area (Å²) in [6.07, 6.45) is 2.19. The van der Waals surface area contributed by atoms with Crippen LogP contribution in [0.2, 0.25) is 0 Å². The van der Waals surface area contributed by atoms with E-state index >= 15 is 0 Å². The predicted octanol–water partition coefficient (Wildman–Crippen LogP) is 6.16. The number of aromatic nitrogens is 1. The highest BCUT2D eigenvalue weighted by Crippen LogP contribution is 2.33. The molecule has 0 fully saturated rings. The Morgan fingerprint density at radius 2 is 1.44 bits per heavy atom. The largest absolute Gasteiger partial charge is 0.456 e. The van der Waals surface area contributed by atoms with E-state index in [4.69, 9.17) is 4.42 Å². The Bertz CT molecular complexity index is 1360. The smallest absolute Gasteiger partial charge is 0.216 e. The van der Waals surface area contributed by atoms with Gasteiger partial charge in [-0.3, -0.25) is 0 Å². The van der Waals surface area contributed by atoms with E-state index in [0.29, 0.717) is 0 Å². The van der Waals surface area contributed by atoms with Gasteiger partial charge in [-0.15, -0.1) is 0 Å². The van der Waals surface area contributed by atoms with Gasteiger partial charge in [-0.25, -0.2) is 4.57 Å². The van der Waals surface area contributed by atoms with E-state index in [1.165, 1.54) is 44.1 Å². The van der Waals surface area contributed by atoms with Crippen LogP contribution in [0.3, 0.4) is 0 Å². The van der Waals surface area contributed by atoms with Crippen molar-refractivity contribution in [2.24, 2.45) is 7.05 Å². The minimum Gasteiger partial charge on any atom is -0.456 e. The zero-order valence-electron chi connectivity index (χ0n) is 16.1. The van der Waals surface area contributed by atoms with E-state index in [0.717, 1.165) is 16.6 Å². The molecule has 0 N–H and O–H groups in total.